The molecule has 0 radical (unpaired) electrons. The van der Waals surface area contributed by atoms with Crippen LogP contribution in [0.2, 0.25) is 0 Å². The number of pyridine rings is 1. The SMILES string of the molecule is O=C(Cn1c(SCc2cccc(F)c2F)cc(=O)c2ccccc21)N(CCc1nc2ccccc2[nH]1)Cc1ccc(-c2ccc(C(F)(F)F)cc2)cc1. The largest absolute Gasteiger partial charge is 0.416 e. The summed E-state index contributed by atoms with van der Waals surface area (Å²) in [5.41, 5.74) is 3.46. The molecule has 0 aliphatic carbocycles. The lowest BCUT2D eigenvalue weighted by Gasteiger charge is -2.25. The lowest BCUT2D eigenvalue weighted by molar-refractivity contribution is -0.137. The van der Waals surface area contributed by atoms with E-state index >= 15 is 0 Å². The van der Waals surface area contributed by atoms with Gasteiger partial charge in [-0.15, -0.1) is 11.8 Å². The predicted molar refractivity (Wildman–Crippen MR) is 196 cm³/mol. The van der Waals surface area contributed by atoms with Gasteiger partial charge in [-0.2, -0.15) is 13.2 Å². The zero-order chi connectivity index (χ0) is 37.1. The minimum absolute atomic E-state index is 0.0244. The number of fused-ring (bicyclic) bond motifs is 2. The third-order valence-electron chi connectivity index (χ3n) is 8.96. The van der Waals surface area contributed by atoms with Crippen LogP contribution >= 0.6 is 11.8 Å². The van der Waals surface area contributed by atoms with Crippen molar-refractivity contribution < 1.29 is 26.7 Å². The molecule has 7 aromatic rings. The Morgan fingerprint density at radius 2 is 1.53 bits per heavy atom. The Morgan fingerprint density at radius 1 is 0.830 bits per heavy atom. The van der Waals surface area contributed by atoms with E-state index in [1.807, 2.05) is 36.4 Å². The number of carbonyl (C=O) groups is 1. The number of benzene rings is 5. The molecule has 5 aromatic carbocycles. The summed E-state index contributed by atoms with van der Waals surface area (Å²) in [7, 11) is 0. The highest BCUT2D eigenvalue weighted by Gasteiger charge is 2.30. The summed E-state index contributed by atoms with van der Waals surface area (Å²) in [4.78, 5) is 37.2. The number of imidazole rings is 1. The minimum atomic E-state index is -4.43. The molecule has 0 aliphatic rings. The monoisotopic (exact) mass is 738 g/mol. The van der Waals surface area contributed by atoms with E-state index in [1.165, 1.54) is 30.3 Å². The Labute approximate surface area is 304 Å². The van der Waals surface area contributed by atoms with Gasteiger partial charge >= 0.3 is 6.18 Å². The quantitative estimate of drug-likeness (QED) is 0.106. The first kappa shape index (κ1) is 35.6. The van der Waals surface area contributed by atoms with Crippen LogP contribution in [0.1, 0.15) is 22.5 Å². The molecule has 0 unspecified atom stereocenters. The Morgan fingerprint density at radius 3 is 2.26 bits per heavy atom. The van der Waals surface area contributed by atoms with Crippen LogP contribution in [0.5, 0.6) is 0 Å². The van der Waals surface area contributed by atoms with Crippen molar-refractivity contribution in [3.05, 3.63) is 166 Å². The highest BCUT2D eigenvalue weighted by Crippen LogP contribution is 2.31. The number of aromatic amines is 1. The van der Waals surface area contributed by atoms with E-state index < -0.39 is 23.4 Å². The maximum atomic E-state index is 14.6. The molecular formula is C41H31F5N4O2S. The lowest BCUT2D eigenvalue weighted by Crippen LogP contribution is -2.35. The molecule has 0 saturated carbocycles. The van der Waals surface area contributed by atoms with Crippen molar-refractivity contribution >= 4 is 39.6 Å². The van der Waals surface area contributed by atoms with Gasteiger partial charge in [0, 0.05) is 42.3 Å². The maximum absolute atomic E-state index is 14.6. The van der Waals surface area contributed by atoms with Crippen molar-refractivity contribution in [3.63, 3.8) is 0 Å². The van der Waals surface area contributed by atoms with Crippen LogP contribution in [-0.4, -0.2) is 31.9 Å². The van der Waals surface area contributed by atoms with E-state index in [9.17, 15) is 31.5 Å². The molecule has 0 aliphatic heterocycles. The Hall–Kier alpha value is -5.75. The number of hydrogen-bond acceptors (Lipinski definition) is 4. The molecule has 0 fully saturated rings. The number of H-pyrrole nitrogens is 1. The summed E-state index contributed by atoms with van der Waals surface area (Å²) < 4.78 is 69.6. The van der Waals surface area contributed by atoms with E-state index in [0.717, 1.165) is 52.1 Å². The van der Waals surface area contributed by atoms with Gasteiger partial charge in [-0.05, 0) is 59.2 Å². The molecule has 53 heavy (non-hydrogen) atoms. The molecule has 0 bridgehead atoms. The average molecular weight is 739 g/mol. The van der Waals surface area contributed by atoms with Crippen LogP contribution < -0.4 is 5.43 Å². The van der Waals surface area contributed by atoms with Gasteiger partial charge in [-0.25, -0.2) is 13.8 Å². The third kappa shape index (κ3) is 8.02. The minimum Gasteiger partial charge on any atom is -0.342 e. The van der Waals surface area contributed by atoms with Crippen LogP contribution in [0.25, 0.3) is 33.1 Å². The molecule has 268 valence electrons. The second-order valence-corrected chi connectivity index (χ2v) is 13.5. The number of halogens is 5. The molecule has 0 spiro atoms. The zero-order valence-electron chi connectivity index (χ0n) is 28.0. The second-order valence-electron chi connectivity index (χ2n) is 12.5. The molecule has 0 atom stereocenters. The van der Waals surface area contributed by atoms with Crippen molar-refractivity contribution in [3.8, 4) is 11.1 Å². The van der Waals surface area contributed by atoms with E-state index in [0.29, 0.717) is 33.7 Å². The smallest absolute Gasteiger partial charge is 0.342 e. The molecule has 1 amide bonds. The standard InChI is InChI=1S/C41H31F5N4O2S/c42-32-8-5-6-29(40(32)43)25-53-39-22-36(51)31-7-1-4-11-35(31)50(39)24-38(52)49(21-20-37-47-33-9-2-3-10-34(33)48-37)23-26-12-14-27(15-13-26)28-16-18-30(19-17-28)41(44,45)46/h1-19,22H,20-21,23-25H2,(H,47,48). The first-order valence-electron chi connectivity index (χ1n) is 16.7. The van der Waals surface area contributed by atoms with Crippen LogP contribution in [0.15, 0.2) is 131 Å². The number of carbonyl (C=O) groups excluding carboxylic acids is 1. The van der Waals surface area contributed by atoms with Crippen molar-refractivity contribution in [1.29, 1.82) is 0 Å². The Bertz CT molecular complexity index is 2440. The normalized spacial score (nSPS) is 11.7. The number of alkyl halides is 3. The molecule has 2 aromatic heterocycles. The van der Waals surface area contributed by atoms with Gasteiger partial charge in [0.2, 0.25) is 5.91 Å². The molecule has 12 heteroatoms. The summed E-state index contributed by atoms with van der Waals surface area (Å²) in [5, 5.41) is 0.832. The summed E-state index contributed by atoms with van der Waals surface area (Å²) in [6.45, 7) is 0.342. The van der Waals surface area contributed by atoms with Gasteiger partial charge < -0.3 is 14.5 Å². The molecule has 2 heterocycles. The molecule has 6 nitrogen and oxygen atoms in total. The molecular weight excluding hydrogens is 708 g/mol. The first-order chi connectivity index (χ1) is 25.5. The van der Waals surface area contributed by atoms with E-state index in [2.05, 4.69) is 9.97 Å². The van der Waals surface area contributed by atoms with Gasteiger partial charge in [0.15, 0.2) is 17.1 Å². The van der Waals surface area contributed by atoms with Crippen LogP contribution in [-0.2, 0) is 36.2 Å². The van der Waals surface area contributed by atoms with Crippen molar-refractivity contribution in [2.45, 2.75) is 36.5 Å². The number of hydrogen-bond donors (Lipinski definition) is 1. The molecule has 1 N–H and O–H groups in total. The third-order valence-corrected chi connectivity index (χ3v) is 10.1. The van der Waals surface area contributed by atoms with Gasteiger partial charge in [-0.1, -0.05) is 72.8 Å². The van der Waals surface area contributed by atoms with Gasteiger partial charge in [0.25, 0.3) is 0 Å². The van der Waals surface area contributed by atoms with E-state index in [-0.39, 0.29) is 42.3 Å². The van der Waals surface area contributed by atoms with Crippen LogP contribution in [0.3, 0.4) is 0 Å². The van der Waals surface area contributed by atoms with Gasteiger partial charge in [0.05, 0.1) is 27.1 Å². The summed E-state index contributed by atoms with van der Waals surface area (Å²) in [5.74, 6) is -1.48. The molecule has 7 rings (SSSR count). The number of amides is 1. The van der Waals surface area contributed by atoms with Gasteiger partial charge in [0.1, 0.15) is 12.4 Å². The summed E-state index contributed by atoms with van der Waals surface area (Å²) in [6.07, 6.45) is -4.02. The van der Waals surface area contributed by atoms with Crippen molar-refractivity contribution in [2.75, 3.05) is 6.54 Å². The number of rotatable bonds is 11. The lowest BCUT2D eigenvalue weighted by atomic mass is 10.0. The molecule has 0 saturated heterocycles. The Balaban J connectivity index is 1.18. The van der Waals surface area contributed by atoms with Crippen LogP contribution in [0.4, 0.5) is 22.0 Å². The average Bonchev–Trinajstić information content (AvgIpc) is 3.58. The van der Waals surface area contributed by atoms with E-state index in [4.69, 9.17) is 0 Å². The topological polar surface area (TPSA) is 71.0 Å². The zero-order valence-corrected chi connectivity index (χ0v) is 28.9. The summed E-state index contributed by atoms with van der Waals surface area (Å²) >= 11 is 1.13. The van der Waals surface area contributed by atoms with E-state index in [1.54, 1.807) is 45.9 Å². The highest BCUT2D eigenvalue weighted by molar-refractivity contribution is 7.98. The number of nitrogens with zero attached hydrogens (tertiary/aromatic N) is 3. The first-order valence-corrected chi connectivity index (χ1v) is 17.7. The number of nitrogens with one attached hydrogen (secondary N) is 1. The fraction of sp³-hybridized carbons (Fsp3) is 0.146. The fourth-order valence-electron chi connectivity index (χ4n) is 6.16. The predicted octanol–water partition coefficient (Wildman–Crippen LogP) is 9.41. The number of para-hydroxylation sites is 3. The highest BCUT2D eigenvalue weighted by atomic mass is 32.2. The van der Waals surface area contributed by atoms with Crippen molar-refractivity contribution in [1.82, 2.24) is 19.4 Å². The van der Waals surface area contributed by atoms with Gasteiger partial charge in [-0.3, -0.25) is 9.59 Å². The van der Waals surface area contributed by atoms with Crippen LogP contribution in [0, 0.1) is 11.6 Å². The number of thioether (sulfide) groups is 1. The van der Waals surface area contributed by atoms with Crippen molar-refractivity contribution in [2.24, 2.45) is 0 Å². The second kappa shape index (κ2) is 15.1. The maximum Gasteiger partial charge on any atom is 0.416 e. The number of aromatic nitrogens is 3. The summed E-state index contributed by atoms with van der Waals surface area (Å²) in [6, 6.07) is 32.1. The fourth-order valence-corrected chi connectivity index (χ4v) is 7.20. The Kier molecular flexibility index (Phi) is 10.1.